The molecular formula is C10H15BrClN3. The van der Waals surface area contributed by atoms with E-state index in [1.54, 1.807) is 6.20 Å². The third kappa shape index (κ3) is 4.36. The van der Waals surface area contributed by atoms with Crippen molar-refractivity contribution < 1.29 is 0 Å². The van der Waals surface area contributed by atoms with Crippen LogP contribution in [0, 0.1) is 0 Å². The molecule has 0 aliphatic heterocycles. The normalized spacial score (nSPS) is 12.9. The molecule has 0 aliphatic rings. The van der Waals surface area contributed by atoms with E-state index in [4.69, 9.17) is 11.6 Å². The lowest BCUT2D eigenvalue weighted by atomic mass is 10.3. The number of likely N-dealkylation sites (N-methyl/N-ethyl adjacent to an activating group) is 1. The average molecular weight is 293 g/mol. The molecule has 1 atom stereocenters. The van der Waals surface area contributed by atoms with E-state index >= 15 is 0 Å². The van der Waals surface area contributed by atoms with Gasteiger partial charge in [-0.25, -0.2) is 4.98 Å². The van der Waals surface area contributed by atoms with Gasteiger partial charge in [0.25, 0.3) is 0 Å². The number of halogens is 2. The molecule has 1 rings (SSSR count). The lowest BCUT2D eigenvalue weighted by molar-refractivity contribution is 0.392. The second-order valence-corrected chi connectivity index (χ2v) is 5.11. The van der Waals surface area contributed by atoms with Crippen LogP contribution in [0.2, 0.25) is 5.02 Å². The average Bonchev–Trinajstić information content (AvgIpc) is 2.08. The minimum absolute atomic E-state index is 0.311. The van der Waals surface area contributed by atoms with Gasteiger partial charge in [0.2, 0.25) is 0 Å². The Kier molecular flexibility index (Phi) is 4.83. The maximum Gasteiger partial charge on any atom is 0.145 e. The van der Waals surface area contributed by atoms with E-state index < -0.39 is 0 Å². The minimum Gasteiger partial charge on any atom is -0.365 e. The van der Waals surface area contributed by atoms with E-state index in [2.05, 4.69) is 38.1 Å². The molecule has 1 unspecified atom stereocenters. The van der Waals surface area contributed by atoms with E-state index in [0.717, 1.165) is 16.8 Å². The Morgan fingerprint density at radius 1 is 1.60 bits per heavy atom. The SMILES string of the molecule is CC(CN(C)C)Nc1ncc(Br)cc1Cl. The van der Waals surface area contributed by atoms with Gasteiger partial charge in [0.1, 0.15) is 5.82 Å². The van der Waals surface area contributed by atoms with Crippen molar-refractivity contribution in [1.29, 1.82) is 0 Å². The number of pyridine rings is 1. The van der Waals surface area contributed by atoms with E-state index in [1.807, 2.05) is 20.2 Å². The van der Waals surface area contributed by atoms with Gasteiger partial charge >= 0.3 is 0 Å². The van der Waals surface area contributed by atoms with Gasteiger partial charge in [-0.1, -0.05) is 11.6 Å². The molecule has 84 valence electrons. The second kappa shape index (κ2) is 5.68. The topological polar surface area (TPSA) is 28.2 Å². The third-order valence-electron chi connectivity index (χ3n) is 1.83. The monoisotopic (exact) mass is 291 g/mol. The third-order valence-corrected chi connectivity index (χ3v) is 2.55. The van der Waals surface area contributed by atoms with Gasteiger partial charge in [0.15, 0.2) is 0 Å². The number of hydrogen-bond acceptors (Lipinski definition) is 3. The van der Waals surface area contributed by atoms with Crippen molar-refractivity contribution in [2.75, 3.05) is 26.0 Å². The quantitative estimate of drug-likeness (QED) is 0.925. The van der Waals surface area contributed by atoms with Gasteiger partial charge in [-0.2, -0.15) is 0 Å². The summed E-state index contributed by atoms with van der Waals surface area (Å²) in [5, 5.41) is 3.90. The summed E-state index contributed by atoms with van der Waals surface area (Å²) in [6, 6.07) is 2.14. The summed E-state index contributed by atoms with van der Waals surface area (Å²) in [4.78, 5) is 6.33. The summed E-state index contributed by atoms with van der Waals surface area (Å²) in [7, 11) is 4.07. The molecular weight excluding hydrogens is 277 g/mol. The Balaban J connectivity index is 2.64. The molecule has 1 N–H and O–H groups in total. The fourth-order valence-corrected chi connectivity index (χ4v) is 2.03. The fraction of sp³-hybridized carbons (Fsp3) is 0.500. The first-order valence-corrected chi connectivity index (χ1v) is 5.88. The summed E-state index contributed by atoms with van der Waals surface area (Å²) < 4.78 is 0.887. The minimum atomic E-state index is 0.311. The number of nitrogens with zero attached hydrogens (tertiary/aromatic N) is 2. The molecule has 0 bridgehead atoms. The summed E-state index contributed by atoms with van der Waals surface area (Å²) >= 11 is 9.36. The molecule has 3 nitrogen and oxygen atoms in total. The van der Waals surface area contributed by atoms with Gasteiger partial charge in [-0.05, 0) is 43.0 Å². The largest absolute Gasteiger partial charge is 0.365 e. The highest BCUT2D eigenvalue weighted by Gasteiger charge is 2.07. The molecule has 0 spiro atoms. The van der Waals surface area contributed by atoms with E-state index in [0.29, 0.717) is 11.1 Å². The van der Waals surface area contributed by atoms with E-state index in [1.165, 1.54) is 0 Å². The first-order valence-electron chi connectivity index (χ1n) is 4.71. The summed E-state index contributed by atoms with van der Waals surface area (Å²) in [6.07, 6.45) is 1.73. The lowest BCUT2D eigenvalue weighted by Gasteiger charge is -2.19. The fourth-order valence-electron chi connectivity index (χ4n) is 1.35. The molecule has 15 heavy (non-hydrogen) atoms. The van der Waals surface area contributed by atoms with Crippen LogP contribution in [0.4, 0.5) is 5.82 Å². The summed E-state index contributed by atoms with van der Waals surface area (Å²) in [5.74, 6) is 0.731. The predicted octanol–water partition coefficient (Wildman–Crippen LogP) is 2.86. The van der Waals surface area contributed by atoms with Crippen molar-refractivity contribution in [3.05, 3.63) is 21.8 Å². The first-order chi connectivity index (χ1) is 6.99. The Hall–Kier alpha value is -0.320. The van der Waals surface area contributed by atoms with Crippen LogP contribution >= 0.6 is 27.5 Å². The first kappa shape index (κ1) is 12.7. The highest BCUT2D eigenvalue weighted by atomic mass is 79.9. The standard InChI is InChI=1S/C10H15BrClN3/c1-7(6-15(2)3)14-10-9(12)4-8(11)5-13-10/h4-5,7H,6H2,1-3H3,(H,13,14). The zero-order valence-corrected chi connectivity index (χ0v) is 11.4. The highest BCUT2D eigenvalue weighted by molar-refractivity contribution is 9.10. The summed E-state index contributed by atoms with van der Waals surface area (Å²) in [5.41, 5.74) is 0. The van der Waals surface area contributed by atoms with Crippen molar-refractivity contribution in [2.45, 2.75) is 13.0 Å². The lowest BCUT2D eigenvalue weighted by Crippen LogP contribution is -2.30. The Labute approximate surface area is 104 Å². The van der Waals surface area contributed by atoms with Crippen molar-refractivity contribution in [3.8, 4) is 0 Å². The van der Waals surface area contributed by atoms with Gasteiger partial charge in [-0.3, -0.25) is 0 Å². The molecule has 0 aromatic carbocycles. The maximum atomic E-state index is 6.04. The Morgan fingerprint density at radius 3 is 2.80 bits per heavy atom. The number of hydrogen-bond donors (Lipinski definition) is 1. The molecule has 0 radical (unpaired) electrons. The molecule has 0 amide bonds. The maximum absolute atomic E-state index is 6.04. The van der Waals surface area contributed by atoms with Gasteiger partial charge < -0.3 is 10.2 Å². The predicted molar refractivity (Wildman–Crippen MR) is 68.6 cm³/mol. The van der Waals surface area contributed by atoms with Crippen LogP contribution in [0.5, 0.6) is 0 Å². The van der Waals surface area contributed by atoms with Gasteiger partial charge in [-0.15, -0.1) is 0 Å². The molecule has 1 aromatic heterocycles. The smallest absolute Gasteiger partial charge is 0.145 e. The van der Waals surface area contributed by atoms with Crippen molar-refractivity contribution >= 4 is 33.3 Å². The number of aromatic nitrogens is 1. The Morgan fingerprint density at radius 2 is 2.27 bits per heavy atom. The molecule has 0 fully saturated rings. The van der Waals surface area contributed by atoms with Crippen LogP contribution < -0.4 is 5.32 Å². The number of rotatable bonds is 4. The number of nitrogens with one attached hydrogen (secondary N) is 1. The van der Waals surface area contributed by atoms with Crippen LogP contribution in [0.15, 0.2) is 16.7 Å². The van der Waals surface area contributed by atoms with Crippen LogP contribution in [0.1, 0.15) is 6.92 Å². The molecule has 1 aromatic rings. The molecule has 5 heteroatoms. The molecule has 0 aliphatic carbocycles. The van der Waals surface area contributed by atoms with E-state index in [9.17, 15) is 0 Å². The van der Waals surface area contributed by atoms with Gasteiger partial charge in [0.05, 0.1) is 5.02 Å². The zero-order chi connectivity index (χ0) is 11.4. The summed E-state index contributed by atoms with van der Waals surface area (Å²) in [6.45, 7) is 3.04. The van der Waals surface area contributed by atoms with Crippen LogP contribution in [0.3, 0.4) is 0 Å². The Bertz CT molecular complexity index is 330. The second-order valence-electron chi connectivity index (χ2n) is 3.79. The van der Waals surface area contributed by atoms with Gasteiger partial charge in [0, 0.05) is 23.3 Å². The van der Waals surface area contributed by atoms with E-state index in [-0.39, 0.29) is 0 Å². The molecule has 1 heterocycles. The van der Waals surface area contributed by atoms with Crippen molar-refractivity contribution in [2.24, 2.45) is 0 Å². The zero-order valence-electron chi connectivity index (χ0n) is 9.09. The van der Waals surface area contributed by atoms with Crippen LogP contribution in [-0.4, -0.2) is 36.6 Å². The van der Waals surface area contributed by atoms with Crippen molar-refractivity contribution in [3.63, 3.8) is 0 Å². The van der Waals surface area contributed by atoms with Crippen LogP contribution in [0.25, 0.3) is 0 Å². The molecule has 0 saturated heterocycles. The highest BCUT2D eigenvalue weighted by Crippen LogP contribution is 2.23. The molecule has 0 saturated carbocycles. The van der Waals surface area contributed by atoms with Crippen molar-refractivity contribution in [1.82, 2.24) is 9.88 Å². The van der Waals surface area contributed by atoms with Crippen LogP contribution in [-0.2, 0) is 0 Å². The number of anilines is 1.